The van der Waals surface area contributed by atoms with Crippen molar-refractivity contribution in [3.63, 3.8) is 0 Å². The number of ether oxygens (including phenoxy) is 1. The van der Waals surface area contributed by atoms with Gasteiger partial charge in [0.1, 0.15) is 0 Å². The summed E-state index contributed by atoms with van der Waals surface area (Å²) < 4.78 is 5.79. The van der Waals surface area contributed by atoms with E-state index in [9.17, 15) is 4.79 Å². The molecule has 4 nitrogen and oxygen atoms in total. The minimum atomic E-state index is 0.0790. The normalized spacial score (nSPS) is 16.5. The third kappa shape index (κ3) is 4.44. The molecular weight excluding hydrogens is 324 g/mol. The molecule has 0 aliphatic carbocycles. The second-order valence-corrected chi connectivity index (χ2v) is 7.20. The van der Waals surface area contributed by atoms with Gasteiger partial charge in [0.25, 0.3) is 5.91 Å². The van der Waals surface area contributed by atoms with Crippen molar-refractivity contribution in [1.82, 2.24) is 4.90 Å². The van der Waals surface area contributed by atoms with E-state index in [0.717, 1.165) is 41.8 Å². The largest absolute Gasteiger partial charge is 0.378 e. The van der Waals surface area contributed by atoms with Gasteiger partial charge in [0, 0.05) is 45.0 Å². The Morgan fingerprint density at radius 1 is 1.12 bits per heavy atom. The number of carbonyl (C=O) groups is 1. The van der Waals surface area contributed by atoms with Gasteiger partial charge in [-0.05, 0) is 49.1 Å². The minimum absolute atomic E-state index is 0.0790. The van der Waals surface area contributed by atoms with Gasteiger partial charge < -0.3 is 14.5 Å². The van der Waals surface area contributed by atoms with Crippen LogP contribution >= 0.6 is 0 Å². The number of amides is 1. The highest BCUT2D eigenvalue weighted by Crippen LogP contribution is 2.20. The zero-order valence-corrected chi connectivity index (χ0v) is 15.9. The maximum Gasteiger partial charge on any atom is 0.254 e. The van der Waals surface area contributed by atoms with E-state index in [4.69, 9.17) is 4.74 Å². The molecule has 1 amide bonds. The van der Waals surface area contributed by atoms with Crippen LogP contribution in [-0.4, -0.2) is 44.2 Å². The maximum absolute atomic E-state index is 13.2. The lowest BCUT2D eigenvalue weighted by atomic mass is 10.1. The van der Waals surface area contributed by atoms with Crippen molar-refractivity contribution >= 4 is 11.6 Å². The molecule has 2 aromatic carbocycles. The Morgan fingerprint density at radius 2 is 1.85 bits per heavy atom. The van der Waals surface area contributed by atoms with Gasteiger partial charge in [-0.1, -0.05) is 30.3 Å². The second-order valence-electron chi connectivity index (χ2n) is 7.20. The summed E-state index contributed by atoms with van der Waals surface area (Å²) in [5.41, 5.74) is 4.08. The smallest absolute Gasteiger partial charge is 0.254 e. The minimum Gasteiger partial charge on any atom is -0.378 e. The van der Waals surface area contributed by atoms with Crippen molar-refractivity contribution in [2.24, 2.45) is 0 Å². The fourth-order valence-corrected chi connectivity index (χ4v) is 3.36. The fourth-order valence-electron chi connectivity index (χ4n) is 3.36. The van der Waals surface area contributed by atoms with Gasteiger partial charge in [0.05, 0.1) is 6.10 Å². The molecule has 0 saturated carbocycles. The Morgan fingerprint density at radius 3 is 2.46 bits per heavy atom. The van der Waals surface area contributed by atoms with E-state index in [-0.39, 0.29) is 12.0 Å². The highest BCUT2D eigenvalue weighted by Gasteiger charge is 2.24. The first-order valence-electron chi connectivity index (χ1n) is 9.27. The van der Waals surface area contributed by atoms with Gasteiger partial charge in [-0.3, -0.25) is 4.79 Å². The number of carbonyl (C=O) groups excluding carboxylic acids is 1. The lowest BCUT2D eigenvalue weighted by molar-refractivity contribution is 0.0506. The molecule has 1 heterocycles. The monoisotopic (exact) mass is 352 g/mol. The Bertz CT molecular complexity index is 734. The summed E-state index contributed by atoms with van der Waals surface area (Å²) in [6.45, 7) is 4.03. The van der Waals surface area contributed by atoms with E-state index >= 15 is 0 Å². The van der Waals surface area contributed by atoms with Gasteiger partial charge in [0.15, 0.2) is 0 Å². The molecule has 138 valence electrons. The zero-order valence-electron chi connectivity index (χ0n) is 15.9. The van der Waals surface area contributed by atoms with Crippen molar-refractivity contribution in [3.05, 3.63) is 65.2 Å². The number of hydrogen-bond acceptors (Lipinski definition) is 3. The SMILES string of the molecule is Cc1ccccc1C(=O)N(Cc1ccc(N(C)C)cc1)C[C@@H]1CCCO1. The van der Waals surface area contributed by atoms with Gasteiger partial charge >= 0.3 is 0 Å². The van der Waals surface area contributed by atoms with Crippen LogP contribution in [0.25, 0.3) is 0 Å². The van der Waals surface area contributed by atoms with Crippen LogP contribution < -0.4 is 4.90 Å². The highest BCUT2D eigenvalue weighted by atomic mass is 16.5. The highest BCUT2D eigenvalue weighted by molar-refractivity contribution is 5.95. The summed E-state index contributed by atoms with van der Waals surface area (Å²) in [5, 5.41) is 0. The van der Waals surface area contributed by atoms with Gasteiger partial charge in [-0.2, -0.15) is 0 Å². The predicted octanol–water partition coefficient (Wildman–Crippen LogP) is 3.88. The predicted molar refractivity (Wildman–Crippen MR) is 106 cm³/mol. The number of hydrogen-bond donors (Lipinski definition) is 0. The van der Waals surface area contributed by atoms with E-state index in [1.165, 1.54) is 0 Å². The van der Waals surface area contributed by atoms with E-state index in [1.807, 2.05) is 50.2 Å². The molecule has 1 fully saturated rings. The summed E-state index contributed by atoms with van der Waals surface area (Å²) in [6, 6.07) is 16.2. The van der Waals surface area contributed by atoms with Crippen molar-refractivity contribution in [2.75, 3.05) is 32.1 Å². The Labute approximate surface area is 156 Å². The summed E-state index contributed by atoms with van der Waals surface area (Å²) in [4.78, 5) is 17.2. The van der Waals surface area contributed by atoms with Crippen LogP contribution in [-0.2, 0) is 11.3 Å². The average Bonchev–Trinajstić information content (AvgIpc) is 3.14. The molecule has 1 saturated heterocycles. The maximum atomic E-state index is 13.2. The summed E-state index contributed by atoms with van der Waals surface area (Å²) >= 11 is 0. The standard InChI is InChI=1S/C22H28N2O2/c1-17-7-4-5-9-21(17)22(25)24(16-20-8-6-14-26-20)15-18-10-12-19(13-11-18)23(2)3/h4-5,7,9-13,20H,6,8,14-16H2,1-3H3/t20-/m0/s1. The third-order valence-electron chi connectivity index (χ3n) is 4.94. The molecule has 0 radical (unpaired) electrons. The molecule has 0 bridgehead atoms. The first-order valence-corrected chi connectivity index (χ1v) is 9.27. The zero-order chi connectivity index (χ0) is 18.5. The van der Waals surface area contributed by atoms with Gasteiger partial charge in [0.2, 0.25) is 0 Å². The first-order chi connectivity index (χ1) is 12.5. The number of rotatable bonds is 6. The summed E-state index contributed by atoms with van der Waals surface area (Å²) in [5.74, 6) is 0.0790. The lowest BCUT2D eigenvalue weighted by Crippen LogP contribution is -2.37. The van der Waals surface area contributed by atoms with Crippen LogP contribution in [0.2, 0.25) is 0 Å². The molecule has 1 atom stereocenters. The van der Waals surface area contributed by atoms with Crippen molar-refractivity contribution in [3.8, 4) is 0 Å². The summed E-state index contributed by atoms with van der Waals surface area (Å²) in [6.07, 6.45) is 2.25. The topological polar surface area (TPSA) is 32.8 Å². The molecule has 0 N–H and O–H groups in total. The molecule has 1 aliphatic rings. The van der Waals surface area contributed by atoms with Crippen molar-refractivity contribution in [1.29, 1.82) is 0 Å². The van der Waals surface area contributed by atoms with Gasteiger partial charge in [-0.25, -0.2) is 0 Å². The quantitative estimate of drug-likeness (QED) is 0.791. The van der Waals surface area contributed by atoms with Crippen LogP contribution in [0.3, 0.4) is 0 Å². The molecule has 4 heteroatoms. The lowest BCUT2D eigenvalue weighted by Gasteiger charge is -2.26. The molecule has 1 aliphatic heterocycles. The molecule has 0 spiro atoms. The molecule has 0 aromatic heterocycles. The van der Waals surface area contributed by atoms with Crippen LogP contribution in [0, 0.1) is 6.92 Å². The van der Waals surface area contributed by atoms with Crippen LogP contribution in [0.4, 0.5) is 5.69 Å². The van der Waals surface area contributed by atoms with Crippen LogP contribution in [0.5, 0.6) is 0 Å². The molecule has 3 rings (SSSR count). The molecule has 26 heavy (non-hydrogen) atoms. The third-order valence-corrected chi connectivity index (χ3v) is 4.94. The fraction of sp³-hybridized carbons (Fsp3) is 0.409. The van der Waals surface area contributed by atoms with Crippen molar-refractivity contribution < 1.29 is 9.53 Å². The Balaban J connectivity index is 1.80. The van der Waals surface area contributed by atoms with E-state index in [0.29, 0.717) is 13.1 Å². The number of anilines is 1. The average molecular weight is 352 g/mol. The molecule has 0 unspecified atom stereocenters. The molecular formula is C22H28N2O2. The second kappa shape index (κ2) is 8.37. The number of nitrogens with zero attached hydrogens (tertiary/aromatic N) is 2. The van der Waals surface area contributed by atoms with E-state index in [1.54, 1.807) is 0 Å². The Kier molecular flexibility index (Phi) is 5.94. The number of benzene rings is 2. The number of aryl methyl sites for hydroxylation is 1. The first kappa shape index (κ1) is 18.5. The van der Waals surface area contributed by atoms with E-state index in [2.05, 4.69) is 29.2 Å². The van der Waals surface area contributed by atoms with Crippen LogP contribution in [0.15, 0.2) is 48.5 Å². The van der Waals surface area contributed by atoms with E-state index < -0.39 is 0 Å². The molecule has 2 aromatic rings. The van der Waals surface area contributed by atoms with Crippen molar-refractivity contribution in [2.45, 2.75) is 32.4 Å². The summed E-state index contributed by atoms with van der Waals surface area (Å²) in [7, 11) is 4.06. The van der Waals surface area contributed by atoms with Crippen LogP contribution in [0.1, 0.15) is 34.3 Å². The van der Waals surface area contributed by atoms with Gasteiger partial charge in [-0.15, -0.1) is 0 Å². The Hall–Kier alpha value is -2.33.